The molecular weight excluding hydrogens is 294 g/mol. The van der Waals surface area contributed by atoms with Crippen LogP contribution in [0, 0.1) is 0 Å². The maximum atomic E-state index is 9.60. The fourth-order valence-corrected chi connectivity index (χ4v) is 2.76. The molecule has 1 N–H and O–H groups in total. The van der Waals surface area contributed by atoms with Gasteiger partial charge in [-0.05, 0) is 46.9 Å². The number of hydrogen-bond acceptors (Lipinski definition) is 2. The van der Waals surface area contributed by atoms with Crippen LogP contribution in [0.5, 0.6) is 0 Å². The number of aliphatic hydroxyl groups is 1. The molecule has 122 valence electrons. The van der Waals surface area contributed by atoms with Gasteiger partial charge in [0, 0.05) is 19.8 Å². The molecule has 2 heteroatoms. The number of aliphatic hydroxyl groups excluding tert-OH is 1. The van der Waals surface area contributed by atoms with Gasteiger partial charge in [0.15, 0.2) is 0 Å². The first-order chi connectivity index (χ1) is 11.5. The molecule has 0 aliphatic carbocycles. The van der Waals surface area contributed by atoms with Gasteiger partial charge in [-0.15, -0.1) is 0 Å². The van der Waals surface area contributed by atoms with Crippen LogP contribution in [0.15, 0.2) is 72.8 Å². The van der Waals surface area contributed by atoms with E-state index in [1.165, 1.54) is 22.4 Å². The average molecular weight is 317 g/mol. The third-order valence-corrected chi connectivity index (χ3v) is 4.33. The van der Waals surface area contributed by atoms with Gasteiger partial charge in [0.1, 0.15) is 0 Å². The van der Waals surface area contributed by atoms with Crippen LogP contribution in [0.3, 0.4) is 0 Å². The van der Waals surface area contributed by atoms with Crippen molar-refractivity contribution in [1.82, 2.24) is 0 Å². The molecule has 1 unspecified atom stereocenters. The van der Waals surface area contributed by atoms with Crippen LogP contribution in [-0.2, 0) is 0 Å². The number of nitrogens with zero attached hydrogens (tertiary/aromatic N) is 1. The highest BCUT2D eigenvalue weighted by Crippen LogP contribution is 2.27. The summed E-state index contributed by atoms with van der Waals surface area (Å²) in [5.74, 6) is 0. The second-order valence-corrected chi connectivity index (χ2v) is 6.32. The third-order valence-electron chi connectivity index (χ3n) is 4.33. The Morgan fingerprint density at radius 3 is 1.29 bits per heavy atom. The lowest BCUT2D eigenvalue weighted by molar-refractivity contribution is 0.199. The van der Waals surface area contributed by atoms with E-state index in [0.29, 0.717) is 0 Å². The minimum absolute atomic E-state index is 0.424. The molecule has 0 saturated heterocycles. The molecule has 0 aromatic heterocycles. The highest BCUT2D eigenvalue weighted by molar-refractivity contribution is 5.71. The van der Waals surface area contributed by atoms with Crippen LogP contribution in [0.25, 0.3) is 22.3 Å². The van der Waals surface area contributed by atoms with Gasteiger partial charge in [0.05, 0.1) is 6.10 Å². The van der Waals surface area contributed by atoms with Crippen LogP contribution in [0.1, 0.15) is 18.6 Å². The van der Waals surface area contributed by atoms with E-state index in [1.807, 2.05) is 26.2 Å². The zero-order valence-electron chi connectivity index (χ0n) is 14.4. The van der Waals surface area contributed by atoms with Crippen molar-refractivity contribution < 1.29 is 5.11 Å². The van der Waals surface area contributed by atoms with Crippen molar-refractivity contribution in [2.45, 2.75) is 13.0 Å². The van der Waals surface area contributed by atoms with Gasteiger partial charge in [-0.2, -0.15) is 0 Å². The molecule has 0 heterocycles. The lowest BCUT2D eigenvalue weighted by Crippen LogP contribution is -2.07. The number of benzene rings is 3. The van der Waals surface area contributed by atoms with Crippen LogP contribution in [-0.4, -0.2) is 19.2 Å². The van der Waals surface area contributed by atoms with Gasteiger partial charge in [0.2, 0.25) is 0 Å². The van der Waals surface area contributed by atoms with E-state index < -0.39 is 6.10 Å². The summed E-state index contributed by atoms with van der Waals surface area (Å²) in [5, 5.41) is 9.60. The molecule has 0 aliphatic heterocycles. The van der Waals surface area contributed by atoms with Crippen molar-refractivity contribution in [3.8, 4) is 22.3 Å². The molecular formula is C22H23NO. The average Bonchev–Trinajstić information content (AvgIpc) is 2.62. The number of rotatable bonds is 4. The summed E-state index contributed by atoms with van der Waals surface area (Å²) in [6.45, 7) is 1.78. The standard InChI is InChI=1S/C22H23NO/c1-16(24)17-4-6-18(7-5-17)19-8-10-20(11-9-19)21-12-14-22(15-13-21)23(2)3/h4-16,24H,1-3H3. The van der Waals surface area contributed by atoms with Crippen molar-refractivity contribution >= 4 is 5.69 Å². The summed E-state index contributed by atoms with van der Waals surface area (Å²) >= 11 is 0. The van der Waals surface area contributed by atoms with Gasteiger partial charge in [0.25, 0.3) is 0 Å². The summed E-state index contributed by atoms with van der Waals surface area (Å²) in [6, 6.07) is 25.3. The predicted octanol–water partition coefficient (Wildman–Crippen LogP) is 5.14. The molecule has 1 atom stereocenters. The number of anilines is 1. The topological polar surface area (TPSA) is 23.5 Å². The fourth-order valence-electron chi connectivity index (χ4n) is 2.76. The molecule has 2 nitrogen and oxygen atoms in total. The molecule has 24 heavy (non-hydrogen) atoms. The van der Waals surface area contributed by atoms with E-state index >= 15 is 0 Å². The van der Waals surface area contributed by atoms with Gasteiger partial charge in [-0.3, -0.25) is 0 Å². The van der Waals surface area contributed by atoms with Gasteiger partial charge < -0.3 is 10.0 Å². The van der Waals surface area contributed by atoms with Crippen LogP contribution < -0.4 is 4.90 Å². The first kappa shape index (κ1) is 16.3. The molecule has 3 rings (SSSR count). The van der Waals surface area contributed by atoms with E-state index in [4.69, 9.17) is 0 Å². The van der Waals surface area contributed by atoms with Crippen LogP contribution >= 0.6 is 0 Å². The number of hydrogen-bond donors (Lipinski definition) is 1. The van der Waals surface area contributed by atoms with Gasteiger partial charge >= 0.3 is 0 Å². The van der Waals surface area contributed by atoms with E-state index in [0.717, 1.165) is 11.1 Å². The fraction of sp³-hybridized carbons (Fsp3) is 0.182. The maximum Gasteiger partial charge on any atom is 0.0761 e. The largest absolute Gasteiger partial charge is 0.389 e. The van der Waals surface area contributed by atoms with E-state index in [-0.39, 0.29) is 0 Å². The van der Waals surface area contributed by atoms with Crippen molar-refractivity contribution in [3.63, 3.8) is 0 Å². The summed E-state index contributed by atoms with van der Waals surface area (Å²) in [4.78, 5) is 2.10. The Kier molecular flexibility index (Phi) is 4.68. The Labute approximate surface area is 144 Å². The van der Waals surface area contributed by atoms with Gasteiger partial charge in [-0.1, -0.05) is 60.7 Å². The van der Waals surface area contributed by atoms with Crippen molar-refractivity contribution in [2.24, 2.45) is 0 Å². The molecule has 0 radical (unpaired) electrons. The molecule has 0 aliphatic rings. The van der Waals surface area contributed by atoms with E-state index in [1.54, 1.807) is 6.92 Å². The normalized spacial score (nSPS) is 12.0. The molecule has 0 fully saturated rings. The molecule has 0 saturated carbocycles. The summed E-state index contributed by atoms with van der Waals surface area (Å²) in [7, 11) is 4.10. The molecule has 3 aromatic rings. The Bertz CT molecular complexity index is 714. The smallest absolute Gasteiger partial charge is 0.0761 e. The van der Waals surface area contributed by atoms with E-state index in [2.05, 4.69) is 65.6 Å². The van der Waals surface area contributed by atoms with Gasteiger partial charge in [-0.25, -0.2) is 0 Å². The minimum atomic E-state index is -0.424. The lowest BCUT2D eigenvalue weighted by atomic mass is 9.99. The highest BCUT2D eigenvalue weighted by Gasteiger charge is 2.03. The highest BCUT2D eigenvalue weighted by atomic mass is 16.3. The van der Waals surface area contributed by atoms with Crippen molar-refractivity contribution in [1.29, 1.82) is 0 Å². The zero-order valence-corrected chi connectivity index (χ0v) is 14.4. The Hall–Kier alpha value is -2.58. The minimum Gasteiger partial charge on any atom is -0.389 e. The third kappa shape index (κ3) is 3.50. The first-order valence-corrected chi connectivity index (χ1v) is 8.21. The Morgan fingerprint density at radius 2 is 0.958 bits per heavy atom. The predicted molar refractivity (Wildman–Crippen MR) is 102 cm³/mol. The molecule has 3 aromatic carbocycles. The monoisotopic (exact) mass is 317 g/mol. The SMILES string of the molecule is CC(O)c1ccc(-c2ccc(-c3ccc(N(C)C)cc3)cc2)cc1. The Balaban J connectivity index is 1.82. The van der Waals surface area contributed by atoms with Crippen LogP contribution in [0.4, 0.5) is 5.69 Å². The second-order valence-electron chi connectivity index (χ2n) is 6.32. The van der Waals surface area contributed by atoms with Crippen molar-refractivity contribution in [2.75, 3.05) is 19.0 Å². The second kappa shape index (κ2) is 6.90. The quantitative estimate of drug-likeness (QED) is 0.720. The van der Waals surface area contributed by atoms with E-state index in [9.17, 15) is 5.11 Å². The van der Waals surface area contributed by atoms with Crippen LogP contribution in [0.2, 0.25) is 0 Å². The summed E-state index contributed by atoms with van der Waals surface area (Å²) in [5.41, 5.74) is 6.92. The summed E-state index contributed by atoms with van der Waals surface area (Å²) < 4.78 is 0. The zero-order chi connectivity index (χ0) is 17.1. The lowest BCUT2D eigenvalue weighted by Gasteiger charge is -2.13. The Morgan fingerprint density at radius 1 is 0.625 bits per heavy atom. The van der Waals surface area contributed by atoms with Crippen molar-refractivity contribution in [3.05, 3.63) is 78.4 Å². The summed E-state index contributed by atoms with van der Waals surface area (Å²) in [6.07, 6.45) is -0.424. The maximum absolute atomic E-state index is 9.60. The molecule has 0 spiro atoms. The molecule has 0 bridgehead atoms. The first-order valence-electron chi connectivity index (χ1n) is 8.21. The molecule has 0 amide bonds.